The van der Waals surface area contributed by atoms with Crippen molar-refractivity contribution in [1.82, 2.24) is 4.90 Å². The molecule has 11 heteroatoms. The van der Waals surface area contributed by atoms with Gasteiger partial charge in [0.05, 0.1) is 13.7 Å². The van der Waals surface area contributed by atoms with E-state index in [-0.39, 0.29) is 24.7 Å². The Morgan fingerprint density at radius 1 is 0.976 bits per heavy atom. The fourth-order valence-electron chi connectivity index (χ4n) is 5.15. The minimum Gasteiger partial charge on any atom is -0.479 e. The standard InChI is InChI=1S/C31H31F3N4O3S/c1-41-29(36-35-21-31(32,33)34)25-7-5-22(6-8-25)20-38(30(39)37-15-17-42(40)18-16-37)28-13-11-24(12-14-28)27-10-9-23-3-2-4-26(23)19-27/h5-14,19,21H,2-4,15-18,20H2,1H3/b35-21+,36-29-. The van der Waals surface area contributed by atoms with Gasteiger partial charge in [-0.15, -0.1) is 5.10 Å². The van der Waals surface area contributed by atoms with Crippen LogP contribution in [0.2, 0.25) is 0 Å². The summed E-state index contributed by atoms with van der Waals surface area (Å²) in [6.45, 7) is 1.09. The van der Waals surface area contributed by atoms with E-state index in [1.54, 1.807) is 34.1 Å². The zero-order valence-electron chi connectivity index (χ0n) is 23.1. The maximum absolute atomic E-state index is 13.7. The van der Waals surface area contributed by atoms with Crippen LogP contribution in [0.4, 0.5) is 23.7 Å². The fourth-order valence-corrected chi connectivity index (χ4v) is 6.21. The molecule has 1 saturated heterocycles. The summed E-state index contributed by atoms with van der Waals surface area (Å²) in [5.41, 5.74) is 6.98. The average molecular weight is 597 g/mol. The first kappa shape index (κ1) is 29.5. The van der Waals surface area contributed by atoms with Gasteiger partial charge in [-0.2, -0.15) is 18.3 Å². The number of benzene rings is 3. The van der Waals surface area contributed by atoms with Crippen LogP contribution < -0.4 is 4.90 Å². The summed E-state index contributed by atoms with van der Waals surface area (Å²) in [5.74, 6) is 0.821. The van der Waals surface area contributed by atoms with Crippen molar-refractivity contribution >= 4 is 34.6 Å². The molecule has 42 heavy (non-hydrogen) atoms. The maximum Gasteiger partial charge on any atom is 0.428 e. The molecule has 3 aromatic carbocycles. The molecule has 0 atom stereocenters. The number of methoxy groups -OCH3 is 1. The van der Waals surface area contributed by atoms with Crippen LogP contribution in [-0.2, 0) is 34.9 Å². The molecular formula is C31H31F3N4O3S. The molecule has 3 aromatic rings. The van der Waals surface area contributed by atoms with Crippen LogP contribution in [0.1, 0.15) is 28.7 Å². The zero-order valence-corrected chi connectivity index (χ0v) is 24.0. The summed E-state index contributed by atoms with van der Waals surface area (Å²) in [4.78, 5) is 17.1. The lowest BCUT2D eigenvalue weighted by molar-refractivity contribution is -0.0537. The number of hydrogen-bond acceptors (Lipinski definition) is 5. The molecule has 0 spiro atoms. The second kappa shape index (κ2) is 12.9. The molecule has 0 radical (unpaired) electrons. The van der Waals surface area contributed by atoms with Gasteiger partial charge in [-0.1, -0.05) is 42.5 Å². The summed E-state index contributed by atoms with van der Waals surface area (Å²) in [6, 6.07) is 21.2. The summed E-state index contributed by atoms with van der Waals surface area (Å²) in [6.07, 6.45) is -1.38. The fraction of sp³-hybridized carbons (Fsp3) is 0.323. The van der Waals surface area contributed by atoms with Crippen LogP contribution in [0.25, 0.3) is 11.1 Å². The van der Waals surface area contributed by atoms with Crippen molar-refractivity contribution in [3.8, 4) is 11.1 Å². The topological polar surface area (TPSA) is 74.6 Å². The van der Waals surface area contributed by atoms with Crippen molar-refractivity contribution in [2.75, 3.05) is 36.6 Å². The molecule has 1 fully saturated rings. The van der Waals surface area contributed by atoms with E-state index in [1.165, 1.54) is 24.7 Å². The minimum atomic E-state index is -4.58. The Kier molecular flexibility index (Phi) is 9.06. The monoisotopic (exact) mass is 596 g/mol. The lowest BCUT2D eigenvalue weighted by Crippen LogP contribution is -2.48. The largest absolute Gasteiger partial charge is 0.479 e. The molecule has 0 bridgehead atoms. The van der Waals surface area contributed by atoms with Gasteiger partial charge < -0.3 is 9.64 Å². The number of rotatable bonds is 6. The lowest BCUT2D eigenvalue weighted by Gasteiger charge is -2.33. The van der Waals surface area contributed by atoms with Gasteiger partial charge in [0.1, 0.15) is 6.21 Å². The Bertz CT molecular complexity index is 1500. The van der Waals surface area contributed by atoms with Crippen molar-refractivity contribution in [3.63, 3.8) is 0 Å². The van der Waals surface area contributed by atoms with E-state index in [0.29, 0.717) is 30.2 Å². The van der Waals surface area contributed by atoms with Gasteiger partial charge in [-0.25, -0.2) is 4.79 Å². The number of hydrogen-bond donors (Lipinski definition) is 0. The maximum atomic E-state index is 13.7. The molecule has 220 valence electrons. The SMILES string of the molecule is CO/C(=N\N=C\C(F)(F)F)c1ccc(CN(C(=O)N2CCS(=O)CC2)c2ccc(-c3ccc4c(c3)CCC4)cc2)cc1. The molecule has 7 nitrogen and oxygen atoms in total. The third-order valence-corrected chi connectivity index (χ3v) is 8.65. The number of aryl methyl sites for hydroxylation is 2. The summed E-state index contributed by atoms with van der Waals surface area (Å²) < 4.78 is 54.2. The number of ether oxygens (including phenoxy) is 1. The quantitative estimate of drug-likeness (QED) is 0.200. The van der Waals surface area contributed by atoms with Gasteiger partial charge in [0, 0.05) is 46.6 Å². The predicted molar refractivity (Wildman–Crippen MR) is 159 cm³/mol. The number of fused-ring (bicyclic) bond motifs is 1. The zero-order chi connectivity index (χ0) is 29.7. The Morgan fingerprint density at radius 3 is 2.31 bits per heavy atom. The van der Waals surface area contributed by atoms with E-state index in [9.17, 15) is 22.2 Å². The van der Waals surface area contributed by atoms with Crippen molar-refractivity contribution in [2.24, 2.45) is 10.2 Å². The van der Waals surface area contributed by atoms with Crippen molar-refractivity contribution in [2.45, 2.75) is 32.0 Å². The predicted octanol–water partition coefficient (Wildman–Crippen LogP) is 5.97. The lowest BCUT2D eigenvalue weighted by atomic mass is 10.0. The van der Waals surface area contributed by atoms with E-state index in [4.69, 9.17) is 4.74 Å². The third kappa shape index (κ3) is 7.25. The first-order valence-corrected chi connectivity index (χ1v) is 15.1. The van der Waals surface area contributed by atoms with E-state index in [1.807, 2.05) is 24.3 Å². The van der Waals surface area contributed by atoms with Gasteiger partial charge in [0.15, 0.2) is 0 Å². The highest BCUT2D eigenvalue weighted by Gasteiger charge is 2.27. The number of carbonyl (C=O) groups excluding carboxylic acids is 1. The highest BCUT2D eigenvalue weighted by atomic mass is 32.2. The van der Waals surface area contributed by atoms with E-state index >= 15 is 0 Å². The van der Waals surface area contributed by atoms with E-state index < -0.39 is 17.0 Å². The number of alkyl halides is 3. The van der Waals surface area contributed by atoms with Crippen molar-refractivity contribution in [3.05, 3.63) is 89.0 Å². The van der Waals surface area contributed by atoms with Gasteiger partial charge in [-0.3, -0.25) is 9.11 Å². The van der Waals surface area contributed by atoms with Crippen LogP contribution in [0, 0.1) is 0 Å². The first-order valence-electron chi connectivity index (χ1n) is 13.7. The Hall–Kier alpha value is -3.99. The van der Waals surface area contributed by atoms with Crippen molar-refractivity contribution < 1.29 is 26.9 Å². The molecule has 1 aliphatic carbocycles. The molecule has 0 aromatic heterocycles. The number of carbonyl (C=O) groups is 1. The number of urea groups is 1. The third-order valence-electron chi connectivity index (χ3n) is 7.38. The minimum absolute atomic E-state index is 0.0709. The van der Waals surface area contributed by atoms with Crippen LogP contribution in [0.15, 0.2) is 76.9 Å². The highest BCUT2D eigenvalue weighted by molar-refractivity contribution is 7.85. The van der Waals surface area contributed by atoms with Crippen molar-refractivity contribution in [1.29, 1.82) is 0 Å². The molecule has 0 saturated carbocycles. The summed E-state index contributed by atoms with van der Waals surface area (Å²) in [7, 11) is 0.379. The second-order valence-electron chi connectivity index (χ2n) is 10.2. The Morgan fingerprint density at radius 2 is 1.64 bits per heavy atom. The number of halogens is 3. The van der Waals surface area contributed by atoms with Crippen LogP contribution >= 0.6 is 0 Å². The normalized spacial score (nSPS) is 16.1. The summed E-state index contributed by atoms with van der Waals surface area (Å²) >= 11 is 0. The van der Waals surface area contributed by atoms with Crippen LogP contribution in [-0.4, -0.2) is 65.1 Å². The van der Waals surface area contributed by atoms with Gasteiger partial charge in [0.25, 0.3) is 0 Å². The number of nitrogens with zero attached hydrogens (tertiary/aromatic N) is 4. The molecule has 0 N–H and O–H groups in total. The van der Waals surface area contributed by atoms with Gasteiger partial charge in [-0.05, 0) is 71.3 Å². The molecule has 1 aliphatic heterocycles. The Labute approximate surface area is 245 Å². The second-order valence-corrected chi connectivity index (χ2v) is 11.9. The highest BCUT2D eigenvalue weighted by Crippen LogP contribution is 2.30. The summed E-state index contributed by atoms with van der Waals surface area (Å²) in [5, 5.41) is 6.59. The van der Waals surface area contributed by atoms with Gasteiger partial charge in [0.2, 0.25) is 5.90 Å². The average Bonchev–Trinajstić information content (AvgIpc) is 3.46. The Balaban J connectivity index is 1.38. The molecular weight excluding hydrogens is 565 g/mol. The van der Waals surface area contributed by atoms with E-state index in [0.717, 1.165) is 35.2 Å². The van der Waals surface area contributed by atoms with Crippen LogP contribution in [0.5, 0.6) is 0 Å². The smallest absolute Gasteiger partial charge is 0.428 e. The molecule has 2 amide bonds. The molecule has 2 aliphatic rings. The number of anilines is 1. The molecule has 1 heterocycles. The molecule has 0 unspecified atom stereocenters. The first-order chi connectivity index (χ1) is 20.2. The van der Waals surface area contributed by atoms with Gasteiger partial charge >= 0.3 is 12.2 Å². The molecule has 5 rings (SSSR count). The number of amides is 2. The van der Waals surface area contributed by atoms with E-state index in [2.05, 4.69) is 28.4 Å². The van der Waals surface area contributed by atoms with Crippen LogP contribution in [0.3, 0.4) is 0 Å².